The minimum Gasteiger partial charge on any atom is -0.392 e. The summed E-state index contributed by atoms with van der Waals surface area (Å²) in [6.45, 7) is 3.86. The molecule has 2 aromatic rings. The standard InChI is InChI=1S/C18H22N2O2/c1-13(16-8-6-7-15(11-16)12-21)19-14(2)18(22)20-17-9-4-3-5-10-17/h3-11,13-14,19,21H,12H2,1-2H3,(H,20,22)/t13-,14+/m0/s1. The Bertz CT molecular complexity index is 613. The summed E-state index contributed by atoms with van der Waals surface area (Å²) < 4.78 is 0. The molecule has 4 nitrogen and oxygen atoms in total. The van der Waals surface area contributed by atoms with Gasteiger partial charge in [0.15, 0.2) is 0 Å². The second-order valence-electron chi connectivity index (χ2n) is 5.37. The van der Waals surface area contributed by atoms with Crippen LogP contribution >= 0.6 is 0 Å². The molecule has 0 saturated carbocycles. The van der Waals surface area contributed by atoms with Crippen LogP contribution in [0.1, 0.15) is 31.0 Å². The Morgan fingerprint density at radius 3 is 2.50 bits per heavy atom. The van der Waals surface area contributed by atoms with Crippen LogP contribution in [-0.4, -0.2) is 17.1 Å². The maximum atomic E-state index is 12.2. The number of aliphatic hydroxyl groups excluding tert-OH is 1. The van der Waals surface area contributed by atoms with E-state index in [9.17, 15) is 9.90 Å². The number of para-hydroxylation sites is 1. The predicted molar refractivity (Wildman–Crippen MR) is 88.4 cm³/mol. The van der Waals surface area contributed by atoms with Crippen LogP contribution in [0.15, 0.2) is 54.6 Å². The molecule has 116 valence electrons. The van der Waals surface area contributed by atoms with Gasteiger partial charge < -0.3 is 10.4 Å². The van der Waals surface area contributed by atoms with Crippen molar-refractivity contribution < 1.29 is 9.90 Å². The molecule has 1 amide bonds. The van der Waals surface area contributed by atoms with Gasteiger partial charge in [0.1, 0.15) is 0 Å². The van der Waals surface area contributed by atoms with E-state index in [0.717, 1.165) is 16.8 Å². The molecule has 0 aliphatic carbocycles. The number of rotatable bonds is 6. The number of hydrogen-bond donors (Lipinski definition) is 3. The molecule has 0 aromatic heterocycles. The number of carbonyl (C=O) groups is 1. The molecule has 0 saturated heterocycles. The number of benzene rings is 2. The van der Waals surface area contributed by atoms with Gasteiger partial charge in [-0.2, -0.15) is 0 Å². The molecule has 0 aliphatic heterocycles. The van der Waals surface area contributed by atoms with E-state index in [-0.39, 0.29) is 24.6 Å². The van der Waals surface area contributed by atoms with Crippen molar-refractivity contribution >= 4 is 11.6 Å². The second kappa shape index (κ2) is 7.73. The first-order chi connectivity index (χ1) is 10.6. The molecule has 3 N–H and O–H groups in total. The van der Waals surface area contributed by atoms with Gasteiger partial charge in [-0.25, -0.2) is 0 Å². The fourth-order valence-electron chi connectivity index (χ4n) is 2.28. The van der Waals surface area contributed by atoms with Gasteiger partial charge in [-0.05, 0) is 37.1 Å². The van der Waals surface area contributed by atoms with Crippen LogP contribution < -0.4 is 10.6 Å². The Labute approximate surface area is 131 Å². The number of amides is 1. The Morgan fingerprint density at radius 2 is 1.82 bits per heavy atom. The first kappa shape index (κ1) is 16.2. The summed E-state index contributed by atoms with van der Waals surface area (Å²) >= 11 is 0. The molecule has 0 radical (unpaired) electrons. The third kappa shape index (κ3) is 4.41. The van der Waals surface area contributed by atoms with Crippen LogP contribution in [0.4, 0.5) is 5.69 Å². The van der Waals surface area contributed by atoms with Crippen LogP contribution in [-0.2, 0) is 11.4 Å². The Hall–Kier alpha value is -2.17. The summed E-state index contributed by atoms with van der Waals surface area (Å²) in [6, 6.07) is 16.8. The van der Waals surface area contributed by atoms with Crippen molar-refractivity contribution in [1.82, 2.24) is 5.32 Å². The lowest BCUT2D eigenvalue weighted by Crippen LogP contribution is -2.39. The van der Waals surface area contributed by atoms with Crippen molar-refractivity contribution in [2.45, 2.75) is 32.5 Å². The van der Waals surface area contributed by atoms with Gasteiger partial charge in [0, 0.05) is 11.7 Å². The molecule has 2 atom stereocenters. The monoisotopic (exact) mass is 298 g/mol. The van der Waals surface area contributed by atoms with E-state index in [0.29, 0.717) is 0 Å². The molecule has 0 fully saturated rings. The highest BCUT2D eigenvalue weighted by Gasteiger charge is 2.16. The number of anilines is 1. The summed E-state index contributed by atoms with van der Waals surface area (Å²) in [4.78, 5) is 12.2. The summed E-state index contributed by atoms with van der Waals surface area (Å²) in [7, 11) is 0. The average Bonchev–Trinajstić information content (AvgIpc) is 2.55. The van der Waals surface area contributed by atoms with Gasteiger partial charge in [-0.1, -0.05) is 42.5 Å². The minimum atomic E-state index is -0.326. The molecule has 2 rings (SSSR count). The smallest absolute Gasteiger partial charge is 0.241 e. The number of aliphatic hydroxyl groups is 1. The summed E-state index contributed by atoms with van der Waals surface area (Å²) in [5, 5.41) is 15.3. The van der Waals surface area contributed by atoms with E-state index >= 15 is 0 Å². The molecule has 0 spiro atoms. The van der Waals surface area contributed by atoms with Crippen molar-refractivity contribution in [3.63, 3.8) is 0 Å². The first-order valence-electron chi connectivity index (χ1n) is 7.42. The Morgan fingerprint density at radius 1 is 1.09 bits per heavy atom. The minimum absolute atomic E-state index is 0.0167. The van der Waals surface area contributed by atoms with Gasteiger partial charge in [0.2, 0.25) is 5.91 Å². The molecule has 4 heteroatoms. The van der Waals surface area contributed by atoms with Gasteiger partial charge >= 0.3 is 0 Å². The number of hydrogen-bond acceptors (Lipinski definition) is 3. The Kier molecular flexibility index (Phi) is 5.69. The summed E-state index contributed by atoms with van der Waals surface area (Å²) in [6.07, 6.45) is 0. The molecule has 0 aliphatic rings. The van der Waals surface area contributed by atoms with E-state index in [1.165, 1.54) is 0 Å². The lowest BCUT2D eigenvalue weighted by Gasteiger charge is -2.20. The van der Waals surface area contributed by atoms with E-state index in [2.05, 4.69) is 10.6 Å². The third-order valence-electron chi connectivity index (χ3n) is 3.57. The number of carbonyl (C=O) groups excluding carboxylic acids is 1. The van der Waals surface area contributed by atoms with Gasteiger partial charge in [-0.3, -0.25) is 10.1 Å². The molecular formula is C18H22N2O2. The van der Waals surface area contributed by atoms with Crippen molar-refractivity contribution in [1.29, 1.82) is 0 Å². The van der Waals surface area contributed by atoms with Crippen molar-refractivity contribution in [2.75, 3.05) is 5.32 Å². The largest absolute Gasteiger partial charge is 0.392 e. The maximum Gasteiger partial charge on any atom is 0.241 e. The normalized spacial score (nSPS) is 13.4. The quantitative estimate of drug-likeness (QED) is 0.768. The lowest BCUT2D eigenvalue weighted by molar-refractivity contribution is -0.117. The zero-order valence-corrected chi connectivity index (χ0v) is 12.9. The van der Waals surface area contributed by atoms with Gasteiger partial charge in [-0.15, -0.1) is 0 Å². The SMILES string of the molecule is C[C@H](N[C@H](C)C(=O)Nc1ccccc1)c1cccc(CO)c1. The highest BCUT2D eigenvalue weighted by atomic mass is 16.3. The predicted octanol–water partition coefficient (Wildman–Crippen LogP) is 2.86. The molecular weight excluding hydrogens is 276 g/mol. The Balaban J connectivity index is 1.95. The topological polar surface area (TPSA) is 61.4 Å². The van der Waals surface area contributed by atoms with Gasteiger partial charge in [0.25, 0.3) is 0 Å². The van der Waals surface area contributed by atoms with Crippen LogP contribution in [0.25, 0.3) is 0 Å². The maximum absolute atomic E-state index is 12.2. The highest BCUT2D eigenvalue weighted by molar-refractivity contribution is 5.94. The van der Waals surface area contributed by atoms with E-state index in [1.54, 1.807) is 0 Å². The van der Waals surface area contributed by atoms with Crippen molar-refractivity contribution in [3.8, 4) is 0 Å². The van der Waals surface area contributed by atoms with Crippen LogP contribution in [0.2, 0.25) is 0 Å². The van der Waals surface area contributed by atoms with Crippen molar-refractivity contribution in [2.24, 2.45) is 0 Å². The van der Waals surface area contributed by atoms with Crippen LogP contribution in [0.5, 0.6) is 0 Å². The molecule has 2 aromatic carbocycles. The summed E-state index contributed by atoms with van der Waals surface area (Å²) in [5.41, 5.74) is 2.70. The average molecular weight is 298 g/mol. The highest BCUT2D eigenvalue weighted by Crippen LogP contribution is 2.15. The lowest BCUT2D eigenvalue weighted by atomic mass is 10.0. The molecule has 0 heterocycles. The molecule has 0 bridgehead atoms. The first-order valence-corrected chi connectivity index (χ1v) is 7.42. The fraction of sp³-hybridized carbons (Fsp3) is 0.278. The van der Waals surface area contributed by atoms with E-state index in [4.69, 9.17) is 0 Å². The molecule has 22 heavy (non-hydrogen) atoms. The summed E-state index contributed by atoms with van der Waals surface area (Å²) in [5.74, 6) is -0.0728. The second-order valence-corrected chi connectivity index (χ2v) is 5.37. The molecule has 0 unspecified atom stereocenters. The fourth-order valence-corrected chi connectivity index (χ4v) is 2.28. The van der Waals surface area contributed by atoms with Crippen LogP contribution in [0, 0.1) is 0 Å². The van der Waals surface area contributed by atoms with Crippen molar-refractivity contribution in [3.05, 3.63) is 65.7 Å². The zero-order chi connectivity index (χ0) is 15.9. The van der Waals surface area contributed by atoms with E-state index < -0.39 is 0 Å². The van der Waals surface area contributed by atoms with Gasteiger partial charge in [0.05, 0.1) is 12.6 Å². The third-order valence-corrected chi connectivity index (χ3v) is 3.57. The van der Waals surface area contributed by atoms with E-state index in [1.807, 2.05) is 68.4 Å². The number of nitrogens with one attached hydrogen (secondary N) is 2. The zero-order valence-electron chi connectivity index (χ0n) is 12.9. The van der Waals surface area contributed by atoms with Crippen LogP contribution in [0.3, 0.4) is 0 Å².